The third-order valence-corrected chi connectivity index (χ3v) is 7.33. The Morgan fingerprint density at radius 1 is 1.13 bits per heavy atom. The molecule has 0 unspecified atom stereocenters. The van der Waals surface area contributed by atoms with E-state index in [0.717, 1.165) is 6.20 Å². The van der Waals surface area contributed by atoms with Crippen LogP contribution >= 0.6 is 11.6 Å². The molecular formula is C30H31ClF5N5O4. The highest BCUT2D eigenvalue weighted by Gasteiger charge is 2.30. The van der Waals surface area contributed by atoms with E-state index >= 15 is 0 Å². The molecule has 1 fully saturated rings. The van der Waals surface area contributed by atoms with Gasteiger partial charge in [-0.1, -0.05) is 35.9 Å². The molecule has 0 saturated carbocycles. The van der Waals surface area contributed by atoms with Gasteiger partial charge < -0.3 is 31.2 Å². The molecule has 0 aliphatic carbocycles. The van der Waals surface area contributed by atoms with Crippen LogP contribution in [0.5, 0.6) is 0 Å². The number of morpholine rings is 1. The Labute approximate surface area is 260 Å². The molecule has 4 rings (SSSR count). The van der Waals surface area contributed by atoms with Crippen molar-refractivity contribution >= 4 is 29.3 Å². The van der Waals surface area contributed by atoms with Crippen LogP contribution in [0.3, 0.4) is 0 Å². The second-order valence-electron chi connectivity index (χ2n) is 10.4. The van der Waals surface area contributed by atoms with Gasteiger partial charge in [0, 0.05) is 23.0 Å². The third-order valence-electron chi connectivity index (χ3n) is 7.09. The summed E-state index contributed by atoms with van der Waals surface area (Å²) >= 11 is 6.19. The van der Waals surface area contributed by atoms with E-state index in [1.807, 2.05) is 0 Å². The zero-order chi connectivity index (χ0) is 32.6. The summed E-state index contributed by atoms with van der Waals surface area (Å²) in [7, 11) is 0. The number of carbonyl (C=O) groups excluding carboxylic acids is 2. The molecule has 1 saturated heterocycles. The van der Waals surface area contributed by atoms with E-state index in [1.165, 1.54) is 30.5 Å². The Morgan fingerprint density at radius 2 is 1.89 bits per heavy atom. The van der Waals surface area contributed by atoms with Gasteiger partial charge in [0.2, 0.25) is 5.91 Å². The fraction of sp³-hybridized carbons (Fsp3) is 0.367. The summed E-state index contributed by atoms with van der Waals surface area (Å²) in [5, 5.41) is 7.81. The Balaban J connectivity index is 1.36. The van der Waals surface area contributed by atoms with Gasteiger partial charge in [-0.25, -0.2) is 13.6 Å². The van der Waals surface area contributed by atoms with Crippen LogP contribution in [-0.4, -0.2) is 67.7 Å². The van der Waals surface area contributed by atoms with Crippen LogP contribution < -0.4 is 21.7 Å². The summed E-state index contributed by atoms with van der Waals surface area (Å²) in [6.07, 6.45) is -3.29. The van der Waals surface area contributed by atoms with E-state index in [1.54, 1.807) is 29.6 Å². The highest BCUT2D eigenvalue weighted by Crippen LogP contribution is 2.30. The second kappa shape index (κ2) is 15.4. The van der Waals surface area contributed by atoms with Crippen LogP contribution in [0, 0.1) is 11.6 Å². The predicted octanol–water partition coefficient (Wildman–Crippen LogP) is 4.69. The molecule has 3 aromatic rings. The number of anilines is 1. The number of alkyl carbamates (subject to hydrolysis) is 1. The number of nitrogens with one attached hydrogen (secondary N) is 3. The van der Waals surface area contributed by atoms with E-state index < -0.39 is 54.4 Å². The van der Waals surface area contributed by atoms with Crippen LogP contribution in [0.1, 0.15) is 29.0 Å². The molecular weight excluding hydrogens is 625 g/mol. The van der Waals surface area contributed by atoms with Gasteiger partial charge >= 0.3 is 12.3 Å². The lowest BCUT2D eigenvalue weighted by molar-refractivity contribution is -0.124. The first kappa shape index (κ1) is 34.0. The average Bonchev–Trinajstić information content (AvgIpc) is 3.00. The van der Waals surface area contributed by atoms with Crippen molar-refractivity contribution in [1.29, 1.82) is 0 Å². The smallest absolute Gasteiger partial charge is 0.407 e. The number of rotatable bonds is 11. The van der Waals surface area contributed by atoms with Gasteiger partial charge in [-0.15, -0.1) is 0 Å². The molecule has 242 valence electrons. The van der Waals surface area contributed by atoms with Crippen molar-refractivity contribution in [2.24, 2.45) is 5.73 Å². The van der Waals surface area contributed by atoms with Crippen LogP contribution in [0.4, 0.5) is 32.4 Å². The van der Waals surface area contributed by atoms with Crippen molar-refractivity contribution in [2.75, 3.05) is 31.6 Å². The maximum atomic E-state index is 14.9. The summed E-state index contributed by atoms with van der Waals surface area (Å²) in [5.74, 6) is -2.43. The van der Waals surface area contributed by atoms with Crippen molar-refractivity contribution in [3.63, 3.8) is 0 Å². The predicted molar refractivity (Wildman–Crippen MR) is 156 cm³/mol. The SMILES string of the molecule is N[C@H](C(=O)Nc1cncc(F)c1CC[C@@H]1CN[C@H](COC(=O)NCC(F)(F)F)CO1)[C@@H](c1ccc(F)cc1)c1cccc(Cl)c1. The summed E-state index contributed by atoms with van der Waals surface area (Å²) < 4.78 is 75.8. The standard InChI is InChI=1S/C30H31ClF5N5O4/c31-19-3-1-2-18(10-19)26(17-4-6-20(32)7-5-17)27(37)28(42)41-25-13-38-12-24(33)23(25)9-8-22-11-39-21(14-44-22)15-45-29(43)40-16-30(34,35)36/h1-7,10,12-13,21-22,26-27,39H,8-9,11,14-16,37H2,(H,40,43)(H,41,42)/t21-,22+,26-,27-/m0/s1. The molecule has 15 heteroatoms. The van der Waals surface area contributed by atoms with Gasteiger partial charge in [0.25, 0.3) is 0 Å². The molecule has 45 heavy (non-hydrogen) atoms. The van der Waals surface area contributed by atoms with Crippen molar-refractivity contribution in [3.05, 3.63) is 94.3 Å². The zero-order valence-electron chi connectivity index (χ0n) is 23.8. The van der Waals surface area contributed by atoms with Gasteiger partial charge in [-0.05, 0) is 48.2 Å². The molecule has 1 aliphatic rings. The number of nitrogens with zero attached hydrogens (tertiary/aromatic N) is 1. The van der Waals surface area contributed by atoms with E-state index in [4.69, 9.17) is 26.8 Å². The van der Waals surface area contributed by atoms with Gasteiger partial charge in [0.05, 0.1) is 42.9 Å². The van der Waals surface area contributed by atoms with Crippen LogP contribution in [0.15, 0.2) is 60.9 Å². The molecule has 2 heterocycles. The number of hydrogen-bond donors (Lipinski definition) is 4. The van der Waals surface area contributed by atoms with Crippen molar-refractivity contribution < 1.29 is 41.0 Å². The molecule has 4 atom stereocenters. The van der Waals surface area contributed by atoms with Crippen LogP contribution in [0.2, 0.25) is 5.02 Å². The van der Waals surface area contributed by atoms with Gasteiger partial charge in [0.1, 0.15) is 24.8 Å². The third kappa shape index (κ3) is 10.1. The number of ether oxygens (including phenoxy) is 2. The lowest BCUT2D eigenvalue weighted by Crippen LogP contribution is -2.49. The molecule has 9 nitrogen and oxygen atoms in total. The maximum Gasteiger partial charge on any atom is 0.407 e. The number of nitrogens with two attached hydrogens (primary N) is 1. The minimum absolute atomic E-state index is 0.1000. The molecule has 1 aliphatic heterocycles. The van der Waals surface area contributed by atoms with Gasteiger partial charge in [-0.2, -0.15) is 13.2 Å². The summed E-state index contributed by atoms with van der Waals surface area (Å²) in [5.41, 5.74) is 7.97. The number of hydrogen-bond acceptors (Lipinski definition) is 7. The Morgan fingerprint density at radius 3 is 2.56 bits per heavy atom. The average molecular weight is 656 g/mol. The molecule has 1 aromatic heterocycles. The zero-order valence-corrected chi connectivity index (χ0v) is 24.5. The largest absolute Gasteiger partial charge is 0.448 e. The second-order valence-corrected chi connectivity index (χ2v) is 10.8. The number of aromatic nitrogens is 1. The number of amides is 2. The lowest BCUT2D eigenvalue weighted by atomic mass is 9.85. The fourth-order valence-electron chi connectivity index (χ4n) is 4.83. The monoisotopic (exact) mass is 655 g/mol. The number of halogens is 6. The molecule has 2 aromatic carbocycles. The molecule has 0 radical (unpaired) electrons. The van der Waals surface area contributed by atoms with Crippen LogP contribution in [-0.2, 0) is 20.7 Å². The van der Waals surface area contributed by atoms with Crippen LogP contribution in [0.25, 0.3) is 0 Å². The van der Waals surface area contributed by atoms with Crippen molar-refractivity contribution in [1.82, 2.24) is 15.6 Å². The number of alkyl halides is 3. The highest BCUT2D eigenvalue weighted by atomic mass is 35.5. The summed E-state index contributed by atoms with van der Waals surface area (Å²) in [4.78, 5) is 28.7. The van der Waals surface area contributed by atoms with Crippen molar-refractivity contribution in [3.8, 4) is 0 Å². The lowest BCUT2D eigenvalue weighted by Gasteiger charge is -2.30. The van der Waals surface area contributed by atoms with Gasteiger partial charge in [-0.3, -0.25) is 9.78 Å². The minimum atomic E-state index is -4.55. The first-order valence-corrected chi connectivity index (χ1v) is 14.3. The Kier molecular flexibility index (Phi) is 11.7. The summed E-state index contributed by atoms with van der Waals surface area (Å²) in [6.45, 7) is -1.31. The molecule has 2 amide bonds. The molecule has 5 N–H and O–H groups in total. The number of carbonyl (C=O) groups is 2. The van der Waals surface area contributed by atoms with E-state index in [-0.39, 0.29) is 37.0 Å². The molecule has 0 bridgehead atoms. The fourth-order valence-corrected chi connectivity index (χ4v) is 5.03. The minimum Gasteiger partial charge on any atom is -0.448 e. The number of pyridine rings is 1. The maximum absolute atomic E-state index is 14.9. The normalized spacial score (nSPS) is 18.1. The highest BCUT2D eigenvalue weighted by molar-refractivity contribution is 6.30. The Hall–Kier alpha value is -3.85. The van der Waals surface area contributed by atoms with Crippen molar-refractivity contribution in [2.45, 2.75) is 43.1 Å². The summed E-state index contributed by atoms with van der Waals surface area (Å²) in [6, 6.07) is 10.8. The quantitative estimate of drug-likeness (QED) is 0.221. The number of benzene rings is 2. The van der Waals surface area contributed by atoms with E-state index in [2.05, 4.69) is 15.6 Å². The van der Waals surface area contributed by atoms with E-state index in [9.17, 15) is 31.5 Å². The Bertz CT molecular complexity index is 1460. The first-order valence-electron chi connectivity index (χ1n) is 13.9. The first-order chi connectivity index (χ1) is 21.4. The molecule has 0 spiro atoms. The van der Waals surface area contributed by atoms with E-state index in [0.29, 0.717) is 29.1 Å². The topological polar surface area (TPSA) is 128 Å². The van der Waals surface area contributed by atoms with Gasteiger partial charge in [0.15, 0.2) is 0 Å².